The molecule has 3 rings (SSSR count). The van der Waals surface area contributed by atoms with Crippen LogP contribution in [0.15, 0.2) is 84.9 Å². The molecule has 0 saturated heterocycles. The summed E-state index contributed by atoms with van der Waals surface area (Å²) in [5, 5.41) is 11.9. The van der Waals surface area contributed by atoms with E-state index in [4.69, 9.17) is 0 Å². The van der Waals surface area contributed by atoms with Gasteiger partial charge in [-0.05, 0) is 56.1 Å². The Morgan fingerprint density at radius 2 is 1.28 bits per heavy atom. The predicted molar refractivity (Wildman–Crippen MR) is 122 cm³/mol. The molecule has 0 radical (unpaired) electrons. The van der Waals surface area contributed by atoms with Crippen LogP contribution in [0.3, 0.4) is 0 Å². The summed E-state index contributed by atoms with van der Waals surface area (Å²) in [7, 11) is 4.21. The Morgan fingerprint density at radius 1 is 0.793 bits per heavy atom. The van der Waals surface area contributed by atoms with Crippen LogP contribution in [-0.2, 0) is 11.8 Å². The van der Waals surface area contributed by atoms with Gasteiger partial charge in [-0.1, -0.05) is 91.9 Å². The molecular formula is C27H33NO. The van der Waals surface area contributed by atoms with E-state index >= 15 is 0 Å². The molecule has 0 aliphatic carbocycles. The molecule has 2 atom stereocenters. The third-order valence-corrected chi connectivity index (χ3v) is 6.25. The first-order valence-electron chi connectivity index (χ1n) is 10.5. The fourth-order valence-electron chi connectivity index (χ4n) is 4.17. The van der Waals surface area contributed by atoms with Crippen LogP contribution in [0.5, 0.6) is 0 Å². The van der Waals surface area contributed by atoms with Crippen molar-refractivity contribution in [3.8, 4) is 0 Å². The van der Waals surface area contributed by atoms with Gasteiger partial charge < -0.3 is 10.0 Å². The van der Waals surface area contributed by atoms with Gasteiger partial charge in [0.25, 0.3) is 0 Å². The first kappa shape index (κ1) is 21.3. The summed E-state index contributed by atoms with van der Waals surface area (Å²) in [6, 6.07) is 29.7. The summed E-state index contributed by atoms with van der Waals surface area (Å²) in [4.78, 5) is 2.23. The van der Waals surface area contributed by atoms with Gasteiger partial charge >= 0.3 is 0 Å². The van der Waals surface area contributed by atoms with Crippen LogP contribution in [-0.4, -0.2) is 30.1 Å². The quantitative estimate of drug-likeness (QED) is 0.543. The van der Waals surface area contributed by atoms with Gasteiger partial charge in [0.05, 0.1) is 11.5 Å². The minimum Gasteiger partial charge on any atom is -0.387 e. The summed E-state index contributed by atoms with van der Waals surface area (Å²) in [6.07, 6.45) is 1.15. The van der Waals surface area contributed by atoms with Crippen LogP contribution in [0.25, 0.3) is 0 Å². The molecule has 3 aromatic rings. The summed E-state index contributed by atoms with van der Waals surface area (Å²) < 4.78 is 0. The van der Waals surface area contributed by atoms with E-state index in [1.807, 2.05) is 12.1 Å². The zero-order valence-corrected chi connectivity index (χ0v) is 18.0. The monoisotopic (exact) mass is 387 g/mol. The van der Waals surface area contributed by atoms with Gasteiger partial charge in [0, 0.05) is 6.04 Å². The topological polar surface area (TPSA) is 23.5 Å². The van der Waals surface area contributed by atoms with Crippen LogP contribution >= 0.6 is 0 Å². The van der Waals surface area contributed by atoms with Crippen LogP contribution < -0.4 is 0 Å². The molecule has 3 aromatic carbocycles. The van der Waals surface area contributed by atoms with Crippen molar-refractivity contribution in [2.75, 3.05) is 14.1 Å². The second kappa shape index (κ2) is 9.39. The zero-order valence-electron chi connectivity index (χ0n) is 18.0. The third-order valence-electron chi connectivity index (χ3n) is 6.25. The lowest BCUT2D eigenvalue weighted by atomic mass is 9.65. The molecule has 0 bridgehead atoms. The van der Waals surface area contributed by atoms with Crippen molar-refractivity contribution >= 4 is 0 Å². The highest BCUT2D eigenvalue weighted by Crippen LogP contribution is 2.47. The molecule has 1 N–H and O–H groups in total. The molecule has 0 fully saturated rings. The lowest BCUT2D eigenvalue weighted by Gasteiger charge is -2.42. The Morgan fingerprint density at radius 3 is 1.69 bits per heavy atom. The maximum absolute atomic E-state index is 11.9. The lowest BCUT2D eigenvalue weighted by molar-refractivity contribution is 0.0803. The summed E-state index contributed by atoms with van der Waals surface area (Å²) in [5.74, 6) is 0. The van der Waals surface area contributed by atoms with E-state index in [-0.39, 0.29) is 0 Å². The normalized spacial score (nSPS) is 14.0. The highest BCUT2D eigenvalue weighted by Gasteiger charge is 2.43. The number of nitrogens with zero attached hydrogens (tertiary/aromatic N) is 1. The summed E-state index contributed by atoms with van der Waals surface area (Å²) in [6.45, 7) is 4.38. The molecule has 0 amide bonds. The number of aliphatic hydroxyl groups excluding tert-OH is 1. The van der Waals surface area contributed by atoms with Gasteiger partial charge in [-0.2, -0.15) is 0 Å². The van der Waals surface area contributed by atoms with Gasteiger partial charge in [0.15, 0.2) is 0 Å². The molecule has 0 saturated carbocycles. The highest BCUT2D eigenvalue weighted by atomic mass is 16.3. The van der Waals surface area contributed by atoms with Gasteiger partial charge in [0.2, 0.25) is 0 Å². The second-order valence-corrected chi connectivity index (χ2v) is 8.22. The van der Waals surface area contributed by atoms with Crippen LogP contribution in [0, 0.1) is 0 Å². The molecule has 152 valence electrons. The Kier molecular flexibility index (Phi) is 6.89. The minimum absolute atomic E-state index is 0.292. The number of hydrogen-bond acceptors (Lipinski definition) is 2. The standard InChI is InChI=1S/C27H33NO/c1-5-22-16-18-23(19-17-22)26(29)27(20-21(2)28(3)4,24-12-8-6-9-13-24)25-14-10-7-11-15-25/h6-19,21,26,29H,5,20H2,1-4H3/t21-,26?/m0/s1. The first-order chi connectivity index (χ1) is 14.0. The van der Waals surface area contributed by atoms with Gasteiger partial charge in [0.1, 0.15) is 0 Å². The molecule has 2 heteroatoms. The molecule has 2 nitrogen and oxygen atoms in total. The largest absolute Gasteiger partial charge is 0.387 e. The fraction of sp³-hybridized carbons (Fsp3) is 0.333. The van der Waals surface area contributed by atoms with Crippen LogP contribution in [0.1, 0.15) is 48.6 Å². The Balaban J connectivity index is 2.22. The maximum atomic E-state index is 11.9. The fourth-order valence-corrected chi connectivity index (χ4v) is 4.17. The van der Waals surface area contributed by atoms with E-state index in [1.54, 1.807) is 0 Å². The Bertz CT molecular complexity index is 832. The van der Waals surface area contributed by atoms with Crippen LogP contribution in [0.4, 0.5) is 0 Å². The van der Waals surface area contributed by atoms with E-state index in [0.29, 0.717) is 6.04 Å². The van der Waals surface area contributed by atoms with Gasteiger partial charge in [-0.3, -0.25) is 0 Å². The van der Waals surface area contributed by atoms with E-state index in [2.05, 4.69) is 106 Å². The predicted octanol–water partition coefficient (Wildman–Crippen LogP) is 5.61. The number of benzene rings is 3. The van der Waals surface area contributed by atoms with Crippen molar-refractivity contribution in [1.29, 1.82) is 0 Å². The molecule has 0 spiro atoms. The number of aryl methyl sites for hydroxylation is 1. The molecule has 0 aliphatic rings. The molecule has 29 heavy (non-hydrogen) atoms. The van der Waals surface area contributed by atoms with E-state index in [0.717, 1.165) is 29.5 Å². The van der Waals surface area contributed by atoms with Crippen molar-refractivity contribution < 1.29 is 5.11 Å². The highest BCUT2D eigenvalue weighted by molar-refractivity contribution is 5.44. The average Bonchev–Trinajstić information content (AvgIpc) is 2.78. The van der Waals surface area contributed by atoms with Crippen molar-refractivity contribution in [3.05, 3.63) is 107 Å². The van der Waals surface area contributed by atoms with Crippen molar-refractivity contribution in [3.63, 3.8) is 0 Å². The molecule has 0 aromatic heterocycles. The van der Waals surface area contributed by atoms with Gasteiger partial charge in [-0.25, -0.2) is 0 Å². The maximum Gasteiger partial charge on any atom is 0.0927 e. The molecule has 1 unspecified atom stereocenters. The third kappa shape index (κ3) is 4.44. The van der Waals surface area contributed by atoms with E-state index in [1.165, 1.54) is 5.56 Å². The SMILES string of the molecule is CCc1ccc(C(O)C(C[C@H](C)N(C)C)(c2ccccc2)c2ccccc2)cc1. The average molecular weight is 388 g/mol. The summed E-state index contributed by atoms with van der Waals surface area (Å²) in [5.41, 5.74) is 3.99. The van der Waals surface area contributed by atoms with E-state index in [9.17, 15) is 5.11 Å². The second-order valence-electron chi connectivity index (χ2n) is 8.22. The summed E-state index contributed by atoms with van der Waals surface area (Å²) >= 11 is 0. The lowest BCUT2D eigenvalue weighted by Crippen LogP contribution is -2.41. The molecule has 0 aliphatic heterocycles. The first-order valence-corrected chi connectivity index (χ1v) is 10.5. The van der Waals surface area contributed by atoms with E-state index < -0.39 is 11.5 Å². The van der Waals surface area contributed by atoms with Crippen LogP contribution in [0.2, 0.25) is 0 Å². The zero-order chi connectivity index (χ0) is 20.9. The van der Waals surface area contributed by atoms with Crippen molar-refractivity contribution in [1.82, 2.24) is 4.90 Å². The number of rotatable bonds is 8. The Labute approximate surface area is 175 Å². The number of hydrogen-bond donors (Lipinski definition) is 1. The van der Waals surface area contributed by atoms with Gasteiger partial charge in [-0.15, -0.1) is 0 Å². The van der Waals surface area contributed by atoms with Crippen molar-refractivity contribution in [2.45, 2.75) is 44.2 Å². The molecule has 0 heterocycles. The molecular weight excluding hydrogens is 354 g/mol. The smallest absolute Gasteiger partial charge is 0.0927 e. The number of aliphatic hydroxyl groups is 1. The Hall–Kier alpha value is -2.42. The minimum atomic E-state index is -0.652. The van der Waals surface area contributed by atoms with Crippen molar-refractivity contribution in [2.24, 2.45) is 0 Å².